The van der Waals surface area contributed by atoms with Crippen LogP contribution in [0.5, 0.6) is 0 Å². The van der Waals surface area contributed by atoms with E-state index in [0.29, 0.717) is 19.4 Å². The van der Waals surface area contributed by atoms with E-state index in [1.54, 1.807) is 0 Å². The topological polar surface area (TPSA) is 55.4 Å². The third-order valence-corrected chi connectivity index (χ3v) is 3.27. The van der Waals surface area contributed by atoms with Crippen molar-refractivity contribution in [1.29, 1.82) is 0 Å². The molecule has 0 atom stereocenters. The maximum atomic E-state index is 11.8. The summed E-state index contributed by atoms with van der Waals surface area (Å²) in [6, 6.07) is 7.72. The van der Waals surface area contributed by atoms with E-state index in [4.69, 9.17) is 4.74 Å². The summed E-state index contributed by atoms with van der Waals surface area (Å²) >= 11 is 0. The van der Waals surface area contributed by atoms with Crippen LogP contribution < -0.4 is 5.32 Å². The highest BCUT2D eigenvalue weighted by atomic mass is 16.5. The van der Waals surface area contributed by atoms with Gasteiger partial charge in [-0.2, -0.15) is 0 Å². The Morgan fingerprint density at radius 1 is 1.09 bits per heavy atom. The van der Waals surface area contributed by atoms with Gasteiger partial charge in [-0.05, 0) is 38.8 Å². The first-order valence-electron chi connectivity index (χ1n) is 7.74. The number of carbonyl (C=O) groups is 2. The van der Waals surface area contributed by atoms with Gasteiger partial charge in [0.05, 0.1) is 6.61 Å². The van der Waals surface area contributed by atoms with Gasteiger partial charge in [0.2, 0.25) is 5.91 Å². The second-order valence-corrected chi connectivity index (χ2v) is 5.25. The first-order chi connectivity index (χ1) is 10.5. The molecule has 1 N–H and O–H groups in total. The number of anilines is 1. The lowest BCUT2D eigenvalue weighted by molar-refractivity contribution is -0.118. The smallest absolute Gasteiger partial charge is 0.224 e. The second-order valence-electron chi connectivity index (χ2n) is 5.25. The molecule has 0 aliphatic rings. The molecule has 0 aliphatic heterocycles. The van der Waals surface area contributed by atoms with Gasteiger partial charge in [-0.3, -0.25) is 9.59 Å². The Morgan fingerprint density at radius 3 is 2.36 bits per heavy atom. The number of ketones is 1. The number of hydrogen-bond donors (Lipinski definition) is 1. The summed E-state index contributed by atoms with van der Waals surface area (Å²) in [6.07, 6.45) is 3.26. The number of ether oxygens (including phenoxy) is 1. The number of carbonyl (C=O) groups excluding carboxylic acids is 2. The molecule has 0 heterocycles. The van der Waals surface area contributed by atoms with E-state index in [1.807, 2.05) is 38.1 Å². The quantitative estimate of drug-likeness (QED) is 0.404. The molecule has 4 nitrogen and oxygen atoms in total. The van der Waals surface area contributed by atoms with Crippen molar-refractivity contribution in [2.75, 3.05) is 11.9 Å². The molecule has 1 rings (SSSR count). The highest BCUT2D eigenvalue weighted by Gasteiger charge is 2.08. The number of unbranched alkanes of at least 4 members (excludes halogenated alkanes) is 2. The largest absolute Gasteiger partial charge is 0.491 e. The van der Waals surface area contributed by atoms with Crippen LogP contribution in [0.15, 0.2) is 36.6 Å². The first kappa shape index (κ1) is 18.0. The predicted molar refractivity (Wildman–Crippen MR) is 88.7 cm³/mol. The molecule has 0 aromatic heterocycles. The van der Waals surface area contributed by atoms with Crippen LogP contribution in [-0.2, 0) is 14.3 Å². The number of amides is 1. The number of nitrogens with one attached hydrogen (secondary N) is 1. The third kappa shape index (κ3) is 7.07. The van der Waals surface area contributed by atoms with Crippen LogP contribution in [0.4, 0.5) is 5.69 Å². The molecule has 0 aliphatic carbocycles. The molecule has 0 spiro atoms. The number of Topliss-reactive ketones (excluding diaryl/α,β-unsaturated/α-hetero) is 1. The van der Waals surface area contributed by atoms with Crippen LogP contribution in [-0.4, -0.2) is 18.3 Å². The first-order valence-corrected chi connectivity index (χ1v) is 7.74. The van der Waals surface area contributed by atoms with Gasteiger partial charge in [-0.1, -0.05) is 30.7 Å². The number of allylic oxidation sites excluding steroid dienone is 1. The molecule has 120 valence electrons. The van der Waals surface area contributed by atoms with E-state index in [0.717, 1.165) is 30.5 Å². The molecule has 0 fully saturated rings. The van der Waals surface area contributed by atoms with Crippen molar-refractivity contribution in [3.8, 4) is 0 Å². The molecule has 0 saturated carbocycles. The van der Waals surface area contributed by atoms with Crippen LogP contribution in [0.2, 0.25) is 0 Å². The van der Waals surface area contributed by atoms with E-state index in [1.165, 1.54) is 0 Å². The molecule has 4 heteroatoms. The van der Waals surface area contributed by atoms with E-state index in [-0.39, 0.29) is 17.4 Å². The zero-order valence-electron chi connectivity index (χ0n) is 13.5. The van der Waals surface area contributed by atoms with Crippen LogP contribution in [0, 0.1) is 6.92 Å². The van der Waals surface area contributed by atoms with Crippen LogP contribution in [0.1, 0.15) is 44.6 Å². The van der Waals surface area contributed by atoms with E-state index >= 15 is 0 Å². The van der Waals surface area contributed by atoms with E-state index in [2.05, 4.69) is 11.9 Å². The van der Waals surface area contributed by atoms with Gasteiger partial charge in [-0.25, -0.2) is 0 Å². The van der Waals surface area contributed by atoms with Crippen molar-refractivity contribution >= 4 is 17.4 Å². The van der Waals surface area contributed by atoms with Gasteiger partial charge in [0.25, 0.3) is 0 Å². The van der Waals surface area contributed by atoms with E-state index < -0.39 is 0 Å². The molecule has 1 amide bonds. The van der Waals surface area contributed by atoms with Crippen molar-refractivity contribution in [2.45, 2.75) is 46.0 Å². The SMILES string of the molecule is C=C(OCC)C(=O)CCCCCC(=O)Nc1ccc(C)cc1. The van der Waals surface area contributed by atoms with Crippen LogP contribution in [0.3, 0.4) is 0 Å². The standard InChI is InChI=1S/C18H25NO3/c1-4-22-15(3)17(20)8-6-5-7-9-18(21)19-16-12-10-14(2)11-13-16/h10-13H,3-9H2,1-2H3,(H,19,21). The summed E-state index contributed by atoms with van der Waals surface area (Å²) in [5.41, 5.74) is 1.98. The Kier molecular flexibility index (Phi) is 7.97. The minimum absolute atomic E-state index is 0.00825. The summed E-state index contributed by atoms with van der Waals surface area (Å²) in [4.78, 5) is 23.4. The van der Waals surface area contributed by atoms with Crippen molar-refractivity contribution in [2.24, 2.45) is 0 Å². The lowest BCUT2D eigenvalue weighted by Gasteiger charge is -2.06. The average Bonchev–Trinajstić information content (AvgIpc) is 2.49. The fraction of sp³-hybridized carbons (Fsp3) is 0.444. The van der Waals surface area contributed by atoms with Gasteiger partial charge in [0, 0.05) is 18.5 Å². The van der Waals surface area contributed by atoms with E-state index in [9.17, 15) is 9.59 Å². The zero-order valence-corrected chi connectivity index (χ0v) is 13.5. The third-order valence-electron chi connectivity index (χ3n) is 3.27. The van der Waals surface area contributed by atoms with Gasteiger partial charge in [0.1, 0.15) is 0 Å². The van der Waals surface area contributed by atoms with Gasteiger partial charge < -0.3 is 10.1 Å². The molecule has 0 saturated heterocycles. The Morgan fingerprint density at radius 2 is 1.73 bits per heavy atom. The zero-order chi connectivity index (χ0) is 16.4. The number of aryl methyl sites for hydroxylation is 1. The predicted octanol–water partition coefficient (Wildman–Crippen LogP) is 4.00. The number of benzene rings is 1. The highest BCUT2D eigenvalue weighted by molar-refractivity contribution is 5.92. The fourth-order valence-electron chi connectivity index (χ4n) is 2.00. The molecule has 0 radical (unpaired) electrons. The molecular weight excluding hydrogens is 278 g/mol. The summed E-state index contributed by atoms with van der Waals surface area (Å²) in [7, 11) is 0. The lowest BCUT2D eigenvalue weighted by Crippen LogP contribution is -2.11. The number of rotatable bonds is 10. The minimum Gasteiger partial charge on any atom is -0.491 e. The van der Waals surface area contributed by atoms with Crippen molar-refractivity contribution in [1.82, 2.24) is 0 Å². The Labute approximate surface area is 132 Å². The van der Waals surface area contributed by atoms with Crippen molar-refractivity contribution in [3.63, 3.8) is 0 Å². The maximum absolute atomic E-state index is 11.8. The molecule has 1 aromatic rings. The summed E-state index contributed by atoms with van der Waals surface area (Å²) in [5, 5.41) is 2.86. The Bertz CT molecular complexity index is 506. The Hall–Kier alpha value is -2.10. The van der Waals surface area contributed by atoms with Crippen molar-refractivity contribution in [3.05, 3.63) is 42.2 Å². The molecular formula is C18H25NO3. The average molecular weight is 303 g/mol. The second kappa shape index (κ2) is 9.77. The molecule has 1 aromatic carbocycles. The van der Waals surface area contributed by atoms with Crippen LogP contribution in [0.25, 0.3) is 0 Å². The Balaban J connectivity index is 2.14. The molecule has 0 bridgehead atoms. The fourth-order valence-corrected chi connectivity index (χ4v) is 2.00. The lowest BCUT2D eigenvalue weighted by atomic mass is 10.1. The van der Waals surface area contributed by atoms with Gasteiger partial charge in [-0.15, -0.1) is 0 Å². The van der Waals surface area contributed by atoms with Crippen molar-refractivity contribution < 1.29 is 14.3 Å². The van der Waals surface area contributed by atoms with Gasteiger partial charge >= 0.3 is 0 Å². The monoisotopic (exact) mass is 303 g/mol. The highest BCUT2D eigenvalue weighted by Crippen LogP contribution is 2.11. The maximum Gasteiger partial charge on any atom is 0.224 e. The molecule has 22 heavy (non-hydrogen) atoms. The normalized spacial score (nSPS) is 10.1. The van der Waals surface area contributed by atoms with Crippen LogP contribution >= 0.6 is 0 Å². The summed E-state index contributed by atoms with van der Waals surface area (Å²) in [6.45, 7) is 7.88. The summed E-state index contributed by atoms with van der Waals surface area (Å²) in [5.74, 6) is 0.194. The summed E-state index contributed by atoms with van der Waals surface area (Å²) < 4.78 is 5.07. The number of hydrogen-bond acceptors (Lipinski definition) is 3. The van der Waals surface area contributed by atoms with Gasteiger partial charge in [0.15, 0.2) is 11.5 Å². The molecule has 0 unspecified atom stereocenters. The minimum atomic E-state index is -0.0500.